The molecule has 0 unspecified atom stereocenters. The molecular weight excluding hydrogens is 398 g/mol. The number of rotatable bonds is 8. The smallest absolute Gasteiger partial charge is 0.331 e. The van der Waals surface area contributed by atoms with E-state index in [0.717, 1.165) is 11.1 Å². The molecule has 4 nitrogen and oxygen atoms in total. The third-order valence-electron chi connectivity index (χ3n) is 4.43. The molecule has 0 aliphatic rings. The summed E-state index contributed by atoms with van der Waals surface area (Å²) in [4.78, 5) is 26.5. The van der Waals surface area contributed by atoms with Crippen LogP contribution in [0.4, 0.5) is 0 Å². The first-order chi connectivity index (χ1) is 14.6. The second-order valence-corrected chi connectivity index (χ2v) is 7.09. The summed E-state index contributed by atoms with van der Waals surface area (Å²) in [6.07, 6.45) is 2.84. The molecule has 3 rings (SSSR count). The summed E-state index contributed by atoms with van der Waals surface area (Å²) in [6.45, 7) is 0.536. The van der Waals surface area contributed by atoms with Crippen LogP contribution in [0.1, 0.15) is 16.7 Å². The molecular formula is C25H22ClNO3. The molecule has 0 radical (unpaired) electrons. The van der Waals surface area contributed by atoms with E-state index < -0.39 is 5.97 Å². The second kappa shape index (κ2) is 11.0. The summed E-state index contributed by atoms with van der Waals surface area (Å²) in [7, 11) is 0. The maximum Gasteiger partial charge on any atom is 0.331 e. The van der Waals surface area contributed by atoms with E-state index in [4.69, 9.17) is 16.3 Å². The third-order valence-corrected chi connectivity index (χ3v) is 4.77. The zero-order valence-electron chi connectivity index (χ0n) is 16.4. The van der Waals surface area contributed by atoms with Gasteiger partial charge in [0.2, 0.25) is 0 Å². The van der Waals surface area contributed by atoms with Gasteiger partial charge in [-0.05, 0) is 28.8 Å². The first kappa shape index (κ1) is 21.3. The zero-order valence-corrected chi connectivity index (χ0v) is 17.2. The van der Waals surface area contributed by atoms with Gasteiger partial charge >= 0.3 is 5.97 Å². The second-order valence-electron chi connectivity index (χ2n) is 6.68. The Morgan fingerprint density at radius 1 is 0.800 bits per heavy atom. The van der Waals surface area contributed by atoms with Crippen molar-refractivity contribution in [1.82, 2.24) is 4.90 Å². The predicted octanol–water partition coefficient (Wildman–Crippen LogP) is 5.13. The number of amides is 1. The lowest BCUT2D eigenvalue weighted by molar-refractivity contribution is -0.148. The van der Waals surface area contributed by atoms with Crippen LogP contribution in [0.5, 0.6) is 0 Å². The maximum absolute atomic E-state index is 12.8. The van der Waals surface area contributed by atoms with Gasteiger partial charge in [0.05, 0.1) is 0 Å². The van der Waals surface area contributed by atoms with Gasteiger partial charge in [-0.15, -0.1) is 0 Å². The fourth-order valence-corrected chi connectivity index (χ4v) is 3.08. The highest BCUT2D eigenvalue weighted by molar-refractivity contribution is 6.32. The molecule has 0 heterocycles. The van der Waals surface area contributed by atoms with Crippen molar-refractivity contribution < 1.29 is 14.3 Å². The lowest BCUT2D eigenvalue weighted by Gasteiger charge is -2.23. The van der Waals surface area contributed by atoms with Crippen molar-refractivity contribution in [2.45, 2.75) is 13.1 Å². The van der Waals surface area contributed by atoms with Crippen LogP contribution in [-0.4, -0.2) is 23.4 Å². The van der Waals surface area contributed by atoms with Gasteiger partial charge in [-0.2, -0.15) is 0 Å². The highest BCUT2D eigenvalue weighted by Crippen LogP contribution is 2.16. The Balaban J connectivity index is 1.62. The predicted molar refractivity (Wildman–Crippen MR) is 119 cm³/mol. The molecule has 0 atom stereocenters. The molecule has 0 saturated heterocycles. The van der Waals surface area contributed by atoms with Crippen LogP contribution < -0.4 is 0 Å². The standard InChI is InChI=1S/C25H22ClNO3/c26-23-14-8-7-13-22(23)15-16-25(29)30-19-24(28)27(17-20-9-3-1-4-10-20)18-21-11-5-2-6-12-21/h1-16H,17-19H2/b16-15+. The van der Waals surface area contributed by atoms with Gasteiger partial charge in [-0.1, -0.05) is 90.5 Å². The largest absolute Gasteiger partial charge is 0.452 e. The van der Waals surface area contributed by atoms with Crippen LogP contribution >= 0.6 is 11.6 Å². The van der Waals surface area contributed by atoms with Crippen LogP contribution in [0, 0.1) is 0 Å². The molecule has 0 aliphatic carbocycles. The van der Waals surface area contributed by atoms with E-state index in [1.54, 1.807) is 23.1 Å². The Bertz CT molecular complexity index is 962. The Morgan fingerprint density at radius 2 is 1.33 bits per heavy atom. The Morgan fingerprint density at radius 3 is 1.90 bits per heavy atom. The summed E-state index contributed by atoms with van der Waals surface area (Å²) < 4.78 is 5.16. The van der Waals surface area contributed by atoms with Crippen molar-refractivity contribution >= 4 is 29.6 Å². The highest BCUT2D eigenvalue weighted by atomic mass is 35.5. The molecule has 0 aromatic heterocycles. The monoisotopic (exact) mass is 419 g/mol. The molecule has 30 heavy (non-hydrogen) atoms. The van der Waals surface area contributed by atoms with Gasteiger partial charge in [0.1, 0.15) is 0 Å². The topological polar surface area (TPSA) is 46.6 Å². The molecule has 1 amide bonds. The molecule has 5 heteroatoms. The van der Waals surface area contributed by atoms with Crippen molar-refractivity contribution in [3.63, 3.8) is 0 Å². The summed E-state index contributed by atoms with van der Waals surface area (Å²) in [5.41, 5.74) is 2.72. The van der Waals surface area contributed by atoms with E-state index in [1.165, 1.54) is 6.08 Å². The molecule has 0 aliphatic heterocycles. The van der Waals surface area contributed by atoms with Crippen molar-refractivity contribution in [3.05, 3.63) is 113 Å². The van der Waals surface area contributed by atoms with E-state index in [0.29, 0.717) is 23.7 Å². The van der Waals surface area contributed by atoms with Gasteiger partial charge in [-0.25, -0.2) is 4.79 Å². The van der Waals surface area contributed by atoms with Crippen molar-refractivity contribution in [1.29, 1.82) is 0 Å². The van der Waals surface area contributed by atoms with E-state index in [1.807, 2.05) is 72.8 Å². The molecule has 0 bridgehead atoms. The summed E-state index contributed by atoms with van der Waals surface area (Å²) in [5.74, 6) is -0.857. The lowest BCUT2D eigenvalue weighted by atomic mass is 10.1. The molecule has 152 valence electrons. The van der Waals surface area contributed by atoms with Crippen LogP contribution in [-0.2, 0) is 27.4 Å². The summed E-state index contributed by atoms with van der Waals surface area (Å²) in [5, 5.41) is 0.537. The minimum absolute atomic E-state index is 0.262. The number of benzene rings is 3. The first-order valence-corrected chi connectivity index (χ1v) is 9.94. The van der Waals surface area contributed by atoms with E-state index in [-0.39, 0.29) is 12.5 Å². The number of nitrogens with zero attached hydrogens (tertiary/aromatic N) is 1. The van der Waals surface area contributed by atoms with Crippen LogP contribution in [0.3, 0.4) is 0 Å². The van der Waals surface area contributed by atoms with Gasteiger partial charge < -0.3 is 9.64 Å². The number of esters is 1. The number of halogens is 1. The first-order valence-electron chi connectivity index (χ1n) is 9.57. The SMILES string of the molecule is O=C(/C=C/c1ccccc1Cl)OCC(=O)N(Cc1ccccc1)Cc1ccccc1. The average molecular weight is 420 g/mol. The third kappa shape index (κ3) is 6.61. The van der Waals surface area contributed by atoms with Gasteiger partial charge in [0, 0.05) is 24.2 Å². The van der Waals surface area contributed by atoms with Crippen molar-refractivity contribution in [3.8, 4) is 0 Å². The van der Waals surface area contributed by atoms with Crippen LogP contribution in [0.15, 0.2) is 91.0 Å². The van der Waals surface area contributed by atoms with Gasteiger partial charge in [0.25, 0.3) is 5.91 Å². The maximum atomic E-state index is 12.8. The van der Waals surface area contributed by atoms with Crippen molar-refractivity contribution in [2.75, 3.05) is 6.61 Å². The Kier molecular flexibility index (Phi) is 7.81. The minimum Gasteiger partial charge on any atom is -0.452 e. The number of hydrogen-bond acceptors (Lipinski definition) is 3. The van der Waals surface area contributed by atoms with Gasteiger partial charge in [-0.3, -0.25) is 4.79 Å². The van der Waals surface area contributed by atoms with Crippen LogP contribution in [0.2, 0.25) is 5.02 Å². The molecule has 0 spiro atoms. The van der Waals surface area contributed by atoms with Crippen LogP contribution in [0.25, 0.3) is 6.08 Å². The Labute approximate surface area is 181 Å². The molecule has 0 fully saturated rings. The zero-order chi connectivity index (χ0) is 21.2. The van der Waals surface area contributed by atoms with E-state index >= 15 is 0 Å². The number of ether oxygens (including phenoxy) is 1. The number of carbonyl (C=O) groups excluding carboxylic acids is 2. The molecule has 3 aromatic rings. The Hall–Kier alpha value is -3.37. The summed E-state index contributed by atoms with van der Waals surface area (Å²) >= 11 is 6.07. The quantitative estimate of drug-likeness (QED) is 0.376. The molecule has 0 saturated carbocycles. The van der Waals surface area contributed by atoms with E-state index in [2.05, 4.69) is 0 Å². The number of hydrogen-bond donors (Lipinski definition) is 0. The number of carbonyl (C=O) groups is 2. The molecule has 0 N–H and O–H groups in total. The average Bonchev–Trinajstić information content (AvgIpc) is 2.78. The summed E-state index contributed by atoms with van der Waals surface area (Å²) in [6, 6.07) is 26.6. The fourth-order valence-electron chi connectivity index (χ4n) is 2.88. The van der Waals surface area contributed by atoms with E-state index in [9.17, 15) is 9.59 Å². The minimum atomic E-state index is -0.595. The molecule has 3 aromatic carbocycles. The van der Waals surface area contributed by atoms with Gasteiger partial charge in [0.15, 0.2) is 6.61 Å². The lowest BCUT2D eigenvalue weighted by Crippen LogP contribution is -2.33. The normalized spacial score (nSPS) is 10.7. The highest BCUT2D eigenvalue weighted by Gasteiger charge is 2.16. The fraction of sp³-hybridized carbons (Fsp3) is 0.120. The van der Waals surface area contributed by atoms with Crippen molar-refractivity contribution in [2.24, 2.45) is 0 Å².